The minimum Gasteiger partial charge on any atom is -0.474 e. The van der Waals surface area contributed by atoms with E-state index in [9.17, 15) is 9.59 Å². The summed E-state index contributed by atoms with van der Waals surface area (Å²) in [6.45, 7) is 9.56. The first-order chi connectivity index (χ1) is 11.1. The minimum atomic E-state index is -0.550. The fraction of sp³-hybridized carbons (Fsp3) is 0.688. The third-order valence-electron chi connectivity index (χ3n) is 2.96. The van der Waals surface area contributed by atoms with Gasteiger partial charge in [-0.2, -0.15) is 0 Å². The number of esters is 1. The van der Waals surface area contributed by atoms with Gasteiger partial charge in [-0.05, 0) is 31.8 Å². The second-order valence-electron chi connectivity index (χ2n) is 6.59. The molecule has 0 aliphatic heterocycles. The van der Waals surface area contributed by atoms with E-state index in [2.05, 4.69) is 10.5 Å². The molecule has 136 valence electrons. The molecule has 8 nitrogen and oxygen atoms in total. The Balaban J connectivity index is 2.47. The van der Waals surface area contributed by atoms with Crippen LogP contribution in [0.1, 0.15) is 46.3 Å². The van der Waals surface area contributed by atoms with Gasteiger partial charge in [-0.15, -0.1) is 0 Å². The molecule has 0 radical (unpaired) electrons. The van der Waals surface area contributed by atoms with Crippen LogP contribution in [0.3, 0.4) is 0 Å². The zero-order valence-corrected chi connectivity index (χ0v) is 15.0. The molecular formula is C16H26N2O6. The first-order valence-corrected chi connectivity index (χ1v) is 7.78. The predicted octanol–water partition coefficient (Wildman–Crippen LogP) is 2.49. The highest BCUT2D eigenvalue weighted by molar-refractivity contribution is 5.77. The molecule has 1 amide bonds. The Morgan fingerprint density at radius 3 is 2.54 bits per heavy atom. The summed E-state index contributed by atoms with van der Waals surface area (Å²) < 4.78 is 20.4. The van der Waals surface area contributed by atoms with Gasteiger partial charge in [-0.25, -0.2) is 4.79 Å². The average Bonchev–Trinajstić information content (AvgIpc) is 2.89. The van der Waals surface area contributed by atoms with Crippen LogP contribution < -0.4 is 10.1 Å². The number of rotatable bonds is 7. The number of hydrogen-bond donors (Lipinski definition) is 1. The van der Waals surface area contributed by atoms with Crippen LogP contribution in [0.2, 0.25) is 0 Å². The maximum absolute atomic E-state index is 11.8. The van der Waals surface area contributed by atoms with Gasteiger partial charge < -0.3 is 24.1 Å². The van der Waals surface area contributed by atoms with Crippen molar-refractivity contribution in [3.8, 4) is 5.88 Å². The summed E-state index contributed by atoms with van der Waals surface area (Å²) in [7, 11) is 1.33. The van der Waals surface area contributed by atoms with Crippen molar-refractivity contribution in [3.05, 3.63) is 11.8 Å². The number of hydrogen-bond acceptors (Lipinski definition) is 7. The van der Waals surface area contributed by atoms with Gasteiger partial charge in [-0.3, -0.25) is 4.79 Å². The lowest BCUT2D eigenvalue weighted by molar-refractivity contribution is -0.144. The zero-order valence-electron chi connectivity index (χ0n) is 15.0. The van der Waals surface area contributed by atoms with Crippen LogP contribution in [0.5, 0.6) is 5.88 Å². The van der Waals surface area contributed by atoms with Crippen molar-refractivity contribution in [2.75, 3.05) is 20.3 Å². The third-order valence-corrected chi connectivity index (χ3v) is 2.96. The lowest BCUT2D eigenvalue weighted by atomic mass is 9.93. The molecule has 1 N–H and O–H groups in total. The van der Waals surface area contributed by atoms with E-state index in [-0.39, 0.29) is 30.9 Å². The molecule has 1 rings (SSSR count). The zero-order chi connectivity index (χ0) is 18.3. The monoisotopic (exact) mass is 342 g/mol. The maximum Gasteiger partial charge on any atom is 0.407 e. The molecule has 0 fully saturated rings. The largest absolute Gasteiger partial charge is 0.474 e. The molecule has 1 atom stereocenters. The van der Waals surface area contributed by atoms with Crippen LogP contribution in [0.25, 0.3) is 0 Å². The number of alkyl carbamates (subject to hydrolysis) is 1. The molecule has 0 aliphatic rings. The fourth-order valence-electron chi connectivity index (χ4n) is 1.95. The Kier molecular flexibility index (Phi) is 7.06. The summed E-state index contributed by atoms with van der Waals surface area (Å²) in [5, 5.41) is 6.33. The molecule has 1 heterocycles. The van der Waals surface area contributed by atoms with Crippen molar-refractivity contribution < 1.29 is 28.3 Å². The number of methoxy groups -OCH3 is 1. The van der Waals surface area contributed by atoms with Crippen molar-refractivity contribution in [3.63, 3.8) is 0 Å². The van der Waals surface area contributed by atoms with E-state index in [1.807, 2.05) is 13.8 Å². The molecule has 8 heteroatoms. The van der Waals surface area contributed by atoms with E-state index in [4.69, 9.17) is 18.7 Å². The number of amides is 1. The van der Waals surface area contributed by atoms with Crippen LogP contribution in [0, 0.1) is 5.92 Å². The molecule has 1 unspecified atom stereocenters. The van der Waals surface area contributed by atoms with Gasteiger partial charge in [0, 0.05) is 6.07 Å². The number of nitrogens with zero attached hydrogens (tertiary/aromatic N) is 1. The SMILES string of the molecule is COC(=O)C(c1cc(OCCNC(=O)OC(C)(C)C)no1)C(C)C. The van der Waals surface area contributed by atoms with Gasteiger partial charge in [-0.1, -0.05) is 13.8 Å². The minimum absolute atomic E-state index is 0.00733. The van der Waals surface area contributed by atoms with Crippen LogP contribution >= 0.6 is 0 Å². The molecule has 1 aromatic rings. The number of nitrogens with one attached hydrogen (secondary N) is 1. The van der Waals surface area contributed by atoms with Crippen molar-refractivity contribution in [2.24, 2.45) is 5.92 Å². The number of carbonyl (C=O) groups excluding carboxylic acids is 2. The van der Waals surface area contributed by atoms with Gasteiger partial charge in [0.05, 0.1) is 13.7 Å². The summed E-state index contributed by atoms with van der Waals surface area (Å²) in [5.41, 5.74) is -0.550. The highest BCUT2D eigenvalue weighted by Crippen LogP contribution is 2.28. The third kappa shape index (κ3) is 6.47. The Morgan fingerprint density at radius 2 is 2.00 bits per heavy atom. The molecule has 24 heavy (non-hydrogen) atoms. The van der Waals surface area contributed by atoms with Crippen LogP contribution in [0.15, 0.2) is 10.6 Å². The summed E-state index contributed by atoms with van der Waals surface area (Å²) in [5.74, 6) is -0.316. The summed E-state index contributed by atoms with van der Waals surface area (Å²) in [6, 6.07) is 1.55. The highest BCUT2D eigenvalue weighted by Gasteiger charge is 2.29. The summed E-state index contributed by atoms with van der Waals surface area (Å²) in [4.78, 5) is 23.3. The number of aromatic nitrogens is 1. The van der Waals surface area contributed by atoms with Crippen molar-refractivity contribution in [2.45, 2.75) is 46.1 Å². The molecule has 0 saturated heterocycles. The van der Waals surface area contributed by atoms with Crippen LogP contribution in [-0.2, 0) is 14.3 Å². The highest BCUT2D eigenvalue weighted by atomic mass is 16.6. The Morgan fingerprint density at radius 1 is 1.33 bits per heavy atom. The van der Waals surface area contributed by atoms with Gasteiger partial charge in [0.25, 0.3) is 5.88 Å². The molecule has 1 aromatic heterocycles. The Hall–Kier alpha value is -2.25. The van der Waals surface area contributed by atoms with Crippen LogP contribution in [-0.4, -0.2) is 43.1 Å². The van der Waals surface area contributed by atoms with E-state index in [1.165, 1.54) is 7.11 Å². The topological polar surface area (TPSA) is 99.9 Å². The maximum atomic E-state index is 11.8. The lowest BCUT2D eigenvalue weighted by Gasteiger charge is -2.19. The van der Waals surface area contributed by atoms with Gasteiger partial charge in [0.15, 0.2) is 5.76 Å². The quantitative estimate of drug-likeness (QED) is 0.600. The molecule has 0 spiro atoms. The molecule has 0 bridgehead atoms. The smallest absolute Gasteiger partial charge is 0.407 e. The summed E-state index contributed by atoms with van der Waals surface area (Å²) >= 11 is 0. The molecule has 0 aromatic carbocycles. The van der Waals surface area contributed by atoms with Gasteiger partial charge >= 0.3 is 12.1 Å². The molecular weight excluding hydrogens is 316 g/mol. The standard InChI is InChI=1S/C16H26N2O6/c1-10(2)13(14(19)21-6)11-9-12(18-24-11)22-8-7-17-15(20)23-16(3,4)5/h9-10,13H,7-8H2,1-6H3,(H,17,20). The van der Waals surface area contributed by atoms with Gasteiger partial charge in [0.1, 0.15) is 18.1 Å². The Labute approximate surface area is 141 Å². The molecule has 0 aliphatic carbocycles. The Bertz CT molecular complexity index is 547. The molecule has 0 saturated carbocycles. The van der Waals surface area contributed by atoms with E-state index in [1.54, 1.807) is 26.8 Å². The first-order valence-electron chi connectivity index (χ1n) is 7.78. The summed E-state index contributed by atoms with van der Waals surface area (Å²) in [6.07, 6.45) is -0.516. The van der Waals surface area contributed by atoms with Gasteiger partial charge in [0.2, 0.25) is 0 Å². The fourth-order valence-corrected chi connectivity index (χ4v) is 1.95. The lowest BCUT2D eigenvalue weighted by Crippen LogP contribution is -2.34. The van der Waals surface area contributed by atoms with Crippen LogP contribution in [0.4, 0.5) is 4.79 Å². The second-order valence-corrected chi connectivity index (χ2v) is 6.59. The van der Waals surface area contributed by atoms with Crippen molar-refractivity contribution >= 4 is 12.1 Å². The van der Waals surface area contributed by atoms with E-state index >= 15 is 0 Å². The van der Waals surface area contributed by atoms with Crippen molar-refractivity contribution in [1.29, 1.82) is 0 Å². The van der Waals surface area contributed by atoms with E-state index in [0.717, 1.165) is 0 Å². The van der Waals surface area contributed by atoms with E-state index < -0.39 is 17.6 Å². The first kappa shape index (κ1) is 19.8. The average molecular weight is 342 g/mol. The normalized spacial score (nSPS) is 12.6. The number of ether oxygens (including phenoxy) is 3. The van der Waals surface area contributed by atoms with E-state index in [0.29, 0.717) is 5.76 Å². The second kappa shape index (κ2) is 8.56. The predicted molar refractivity (Wildman–Crippen MR) is 85.8 cm³/mol. The number of carbonyl (C=O) groups is 2. The van der Waals surface area contributed by atoms with Crippen molar-refractivity contribution in [1.82, 2.24) is 10.5 Å².